The van der Waals surface area contributed by atoms with Crippen LogP contribution in [0.3, 0.4) is 0 Å². The van der Waals surface area contributed by atoms with E-state index in [4.69, 9.17) is 4.74 Å². The lowest BCUT2D eigenvalue weighted by Crippen LogP contribution is -2.24. The van der Waals surface area contributed by atoms with Gasteiger partial charge in [-0.05, 0) is 66.1 Å². The Labute approximate surface area is 167 Å². The Bertz CT molecular complexity index is 1250. The van der Waals surface area contributed by atoms with E-state index >= 15 is 0 Å². The van der Waals surface area contributed by atoms with Crippen LogP contribution < -0.4 is 15.6 Å². The summed E-state index contributed by atoms with van der Waals surface area (Å²) in [5.41, 5.74) is 4.39. The van der Waals surface area contributed by atoms with Crippen molar-refractivity contribution in [1.29, 1.82) is 0 Å². The Morgan fingerprint density at radius 1 is 1.00 bits per heavy atom. The highest BCUT2D eigenvalue weighted by atomic mass is 16.5. The van der Waals surface area contributed by atoms with E-state index < -0.39 is 0 Å². The molecular formula is C23H23N3O3. The zero-order valence-electron chi connectivity index (χ0n) is 16.5. The highest BCUT2D eigenvalue weighted by Gasteiger charge is 2.08. The summed E-state index contributed by atoms with van der Waals surface area (Å²) < 4.78 is 5.18. The van der Waals surface area contributed by atoms with Gasteiger partial charge >= 0.3 is 0 Å². The molecule has 2 aromatic heterocycles. The van der Waals surface area contributed by atoms with Gasteiger partial charge in [0.15, 0.2) is 0 Å². The number of carbonyl (C=O) groups excluding carboxylic acids is 1. The van der Waals surface area contributed by atoms with E-state index in [9.17, 15) is 9.59 Å². The Kier molecular flexibility index (Phi) is 5.08. The molecule has 0 unspecified atom stereocenters. The molecule has 4 rings (SSSR count). The van der Waals surface area contributed by atoms with Crippen molar-refractivity contribution in [1.82, 2.24) is 15.3 Å². The maximum Gasteiger partial charge on any atom is 0.251 e. The fourth-order valence-corrected chi connectivity index (χ4v) is 3.51. The van der Waals surface area contributed by atoms with E-state index in [1.807, 2.05) is 37.3 Å². The second kappa shape index (κ2) is 7.83. The number of nitrogens with one attached hydrogen (secondary N) is 3. The monoisotopic (exact) mass is 389 g/mol. The van der Waals surface area contributed by atoms with Gasteiger partial charge in [0, 0.05) is 35.8 Å². The number of aryl methyl sites for hydroxylation is 2. The lowest BCUT2D eigenvalue weighted by Gasteiger charge is -2.07. The van der Waals surface area contributed by atoms with Crippen LogP contribution in [0, 0.1) is 6.92 Å². The van der Waals surface area contributed by atoms with E-state index in [0.29, 0.717) is 24.3 Å². The Hall–Kier alpha value is -3.54. The van der Waals surface area contributed by atoms with Crippen LogP contribution in [-0.2, 0) is 17.8 Å². The summed E-state index contributed by atoms with van der Waals surface area (Å²) in [6.45, 7) is 2.49. The predicted octanol–water partition coefficient (Wildman–Crippen LogP) is 3.58. The van der Waals surface area contributed by atoms with Crippen molar-refractivity contribution in [3.05, 3.63) is 75.7 Å². The third-order valence-electron chi connectivity index (χ3n) is 5.06. The van der Waals surface area contributed by atoms with Gasteiger partial charge in [0.25, 0.3) is 5.56 Å². The molecule has 2 heterocycles. The Balaban J connectivity index is 1.38. The number of pyridine rings is 1. The van der Waals surface area contributed by atoms with Crippen LogP contribution in [-0.4, -0.2) is 23.0 Å². The zero-order chi connectivity index (χ0) is 20.4. The number of rotatable bonds is 6. The van der Waals surface area contributed by atoms with Gasteiger partial charge in [-0.2, -0.15) is 0 Å². The summed E-state index contributed by atoms with van der Waals surface area (Å²) in [6, 6.07) is 15.5. The predicted molar refractivity (Wildman–Crippen MR) is 114 cm³/mol. The highest BCUT2D eigenvalue weighted by molar-refractivity contribution is 5.82. The molecule has 0 radical (unpaired) electrons. The van der Waals surface area contributed by atoms with Gasteiger partial charge in [0.05, 0.1) is 12.6 Å². The topological polar surface area (TPSA) is 87.0 Å². The maximum atomic E-state index is 12.3. The molecule has 3 N–H and O–H groups in total. The number of hydrogen-bond acceptors (Lipinski definition) is 3. The van der Waals surface area contributed by atoms with Crippen LogP contribution in [0.25, 0.3) is 21.8 Å². The van der Waals surface area contributed by atoms with Crippen LogP contribution in [0.2, 0.25) is 0 Å². The summed E-state index contributed by atoms with van der Waals surface area (Å²) in [4.78, 5) is 30.7. The minimum atomic E-state index is -0.174. The minimum absolute atomic E-state index is 0.0791. The zero-order valence-corrected chi connectivity index (χ0v) is 16.5. The van der Waals surface area contributed by atoms with E-state index in [1.54, 1.807) is 13.2 Å². The van der Waals surface area contributed by atoms with Crippen molar-refractivity contribution < 1.29 is 9.53 Å². The fourth-order valence-electron chi connectivity index (χ4n) is 3.51. The number of methoxy groups -OCH3 is 1. The van der Waals surface area contributed by atoms with Crippen molar-refractivity contribution in [2.45, 2.75) is 26.3 Å². The minimum Gasteiger partial charge on any atom is -0.497 e. The van der Waals surface area contributed by atoms with Gasteiger partial charge in [-0.25, -0.2) is 0 Å². The van der Waals surface area contributed by atoms with Gasteiger partial charge < -0.3 is 20.0 Å². The number of H-pyrrole nitrogens is 2. The number of aromatic nitrogens is 2. The average molecular weight is 389 g/mol. The first-order valence-electron chi connectivity index (χ1n) is 9.57. The van der Waals surface area contributed by atoms with Crippen LogP contribution >= 0.6 is 0 Å². The molecule has 0 aliphatic rings. The number of benzene rings is 2. The molecule has 29 heavy (non-hydrogen) atoms. The van der Waals surface area contributed by atoms with Crippen LogP contribution in [0.5, 0.6) is 5.75 Å². The first-order chi connectivity index (χ1) is 14.0. The fraction of sp³-hybridized carbons (Fsp3) is 0.217. The molecule has 6 heteroatoms. The van der Waals surface area contributed by atoms with Crippen molar-refractivity contribution in [2.24, 2.45) is 0 Å². The molecular weight excluding hydrogens is 366 g/mol. The third kappa shape index (κ3) is 4.16. The van der Waals surface area contributed by atoms with Crippen LogP contribution in [0.1, 0.15) is 23.2 Å². The molecule has 6 nitrogen and oxygen atoms in total. The normalized spacial score (nSPS) is 11.1. The van der Waals surface area contributed by atoms with E-state index in [2.05, 4.69) is 27.4 Å². The molecule has 0 aliphatic heterocycles. The van der Waals surface area contributed by atoms with Crippen LogP contribution in [0.4, 0.5) is 0 Å². The quantitative estimate of drug-likeness (QED) is 0.471. The Morgan fingerprint density at radius 2 is 1.86 bits per heavy atom. The standard InChI is InChI=1S/C23H23N3O3/c1-14-9-18-10-15(3-7-20(18)25-14)13-24-22(27)8-5-17-11-16-4-6-19(29-2)12-21(16)26-23(17)28/h3-4,6-7,9-12,25H,5,8,13H2,1-2H3,(H,24,27)(H,26,28). The number of amides is 1. The summed E-state index contributed by atoms with van der Waals surface area (Å²) >= 11 is 0. The number of carbonyl (C=O) groups is 1. The van der Waals surface area contributed by atoms with Crippen LogP contribution in [0.15, 0.2) is 53.3 Å². The van der Waals surface area contributed by atoms with Gasteiger partial charge in [-0.3, -0.25) is 9.59 Å². The molecule has 0 spiro atoms. The molecule has 148 valence electrons. The van der Waals surface area contributed by atoms with Gasteiger partial charge in [0.1, 0.15) is 5.75 Å². The van der Waals surface area contributed by atoms with E-state index in [1.165, 1.54) is 0 Å². The molecule has 0 fully saturated rings. The number of ether oxygens (including phenoxy) is 1. The van der Waals surface area contributed by atoms with Crippen molar-refractivity contribution >= 4 is 27.7 Å². The lowest BCUT2D eigenvalue weighted by molar-refractivity contribution is -0.121. The summed E-state index contributed by atoms with van der Waals surface area (Å²) in [6.07, 6.45) is 0.648. The van der Waals surface area contributed by atoms with Gasteiger partial charge in [-0.15, -0.1) is 0 Å². The molecule has 0 bridgehead atoms. The first-order valence-corrected chi connectivity index (χ1v) is 9.57. The second-order valence-electron chi connectivity index (χ2n) is 7.23. The SMILES string of the molecule is COc1ccc2cc(CCC(=O)NCc3ccc4[nH]c(C)cc4c3)c(=O)[nH]c2c1. The molecule has 0 saturated carbocycles. The molecule has 1 amide bonds. The molecule has 0 aliphatic carbocycles. The summed E-state index contributed by atoms with van der Waals surface area (Å²) in [5.74, 6) is 0.609. The van der Waals surface area contributed by atoms with E-state index in [0.717, 1.165) is 33.1 Å². The number of aromatic amines is 2. The van der Waals surface area contributed by atoms with E-state index in [-0.39, 0.29) is 17.9 Å². The Morgan fingerprint density at radius 3 is 2.69 bits per heavy atom. The van der Waals surface area contributed by atoms with Gasteiger partial charge in [0.2, 0.25) is 5.91 Å². The summed E-state index contributed by atoms with van der Waals surface area (Å²) in [5, 5.41) is 4.98. The highest BCUT2D eigenvalue weighted by Crippen LogP contribution is 2.19. The molecule has 4 aromatic rings. The lowest BCUT2D eigenvalue weighted by atomic mass is 10.1. The second-order valence-corrected chi connectivity index (χ2v) is 7.23. The molecule has 0 saturated heterocycles. The first kappa shape index (κ1) is 18.8. The summed E-state index contributed by atoms with van der Waals surface area (Å²) in [7, 11) is 1.59. The van der Waals surface area contributed by atoms with Crippen molar-refractivity contribution in [3.8, 4) is 5.75 Å². The van der Waals surface area contributed by atoms with Gasteiger partial charge in [-0.1, -0.05) is 6.07 Å². The molecule has 0 atom stereocenters. The maximum absolute atomic E-state index is 12.3. The smallest absolute Gasteiger partial charge is 0.251 e. The number of hydrogen-bond donors (Lipinski definition) is 3. The number of fused-ring (bicyclic) bond motifs is 2. The molecule has 2 aromatic carbocycles. The third-order valence-corrected chi connectivity index (χ3v) is 5.06. The largest absolute Gasteiger partial charge is 0.497 e. The van der Waals surface area contributed by atoms with Crippen molar-refractivity contribution in [2.75, 3.05) is 7.11 Å². The average Bonchev–Trinajstić information content (AvgIpc) is 3.09. The van der Waals surface area contributed by atoms with Crippen molar-refractivity contribution in [3.63, 3.8) is 0 Å².